The van der Waals surface area contributed by atoms with Crippen molar-refractivity contribution in [3.63, 3.8) is 0 Å². The maximum atomic E-state index is 5.78. The van der Waals surface area contributed by atoms with E-state index in [9.17, 15) is 0 Å². The molecule has 0 bridgehead atoms. The number of aryl methyl sites for hydroxylation is 1. The van der Waals surface area contributed by atoms with Crippen LogP contribution in [0.15, 0.2) is 17.5 Å². The van der Waals surface area contributed by atoms with E-state index >= 15 is 0 Å². The maximum Gasteiger partial charge on any atom is 0.129 e. The van der Waals surface area contributed by atoms with Gasteiger partial charge in [0.1, 0.15) is 5.75 Å². The van der Waals surface area contributed by atoms with Gasteiger partial charge in [0.25, 0.3) is 0 Å². The quantitative estimate of drug-likeness (QED) is 0.656. The number of alkyl halides is 1. The number of rotatable bonds is 3. The highest BCUT2D eigenvalue weighted by molar-refractivity contribution is 9.09. The molecule has 0 spiro atoms. The maximum absolute atomic E-state index is 5.78. The minimum atomic E-state index is 0.689. The van der Waals surface area contributed by atoms with Gasteiger partial charge >= 0.3 is 0 Å². The first-order chi connectivity index (χ1) is 8.29. The van der Waals surface area contributed by atoms with Crippen molar-refractivity contribution >= 4 is 58.9 Å². The van der Waals surface area contributed by atoms with Crippen LogP contribution >= 0.6 is 38.6 Å². The first-order valence-electron chi connectivity index (χ1n) is 5.25. The fourth-order valence-corrected chi connectivity index (χ4v) is 3.85. The van der Waals surface area contributed by atoms with Crippen molar-refractivity contribution in [2.45, 2.75) is 6.92 Å². The number of hydrogen-bond acceptors (Lipinski definition) is 4. The Hall–Kier alpha value is -0.650. The average molecular weight is 328 g/mol. The SMILES string of the molecule is Cc1nc2c(cc(OCCBr)c3ccsc32)s1. The van der Waals surface area contributed by atoms with Gasteiger partial charge < -0.3 is 4.74 Å². The summed E-state index contributed by atoms with van der Waals surface area (Å²) in [5, 5.41) is 5.22. The lowest BCUT2D eigenvalue weighted by Gasteiger charge is -2.05. The topological polar surface area (TPSA) is 22.1 Å². The van der Waals surface area contributed by atoms with E-state index in [4.69, 9.17) is 4.74 Å². The van der Waals surface area contributed by atoms with E-state index < -0.39 is 0 Å². The smallest absolute Gasteiger partial charge is 0.129 e. The van der Waals surface area contributed by atoms with Gasteiger partial charge in [0, 0.05) is 16.8 Å². The molecule has 3 rings (SSSR count). The Morgan fingerprint density at radius 2 is 2.35 bits per heavy atom. The lowest BCUT2D eigenvalue weighted by Crippen LogP contribution is -1.97. The second kappa shape index (κ2) is 4.55. The Morgan fingerprint density at radius 1 is 1.47 bits per heavy atom. The Kier molecular flexibility index (Phi) is 3.06. The third kappa shape index (κ3) is 1.96. The van der Waals surface area contributed by atoms with Crippen molar-refractivity contribution in [1.29, 1.82) is 0 Å². The molecule has 0 aliphatic rings. The standard InChI is InChI=1S/C12H10BrNOS2/c1-7-14-11-10(17-7)6-9(15-4-3-13)8-2-5-16-12(8)11/h2,5-6H,3-4H2,1H3. The minimum absolute atomic E-state index is 0.689. The zero-order valence-electron chi connectivity index (χ0n) is 9.20. The highest BCUT2D eigenvalue weighted by Gasteiger charge is 2.12. The summed E-state index contributed by atoms with van der Waals surface area (Å²) in [6.07, 6.45) is 0. The molecule has 0 amide bonds. The summed E-state index contributed by atoms with van der Waals surface area (Å²) < 4.78 is 8.23. The number of thiophene rings is 1. The molecule has 3 aromatic rings. The lowest BCUT2D eigenvalue weighted by molar-refractivity contribution is 0.350. The van der Waals surface area contributed by atoms with Gasteiger partial charge in [-0.05, 0) is 18.4 Å². The molecule has 2 aromatic heterocycles. The zero-order chi connectivity index (χ0) is 11.8. The van der Waals surface area contributed by atoms with Crippen LogP contribution in [0.25, 0.3) is 20.3 Å². The largest absolute Gasteiger partial charge is 0.492 e. The van der Waals surface area contributed by atoms with Crippen LogP contribution < -0.4 is 4.74 Å². The van der Waals surface area contributed by atoms with E-state index in [0.29, 0.717) is 6.61 Å². The van der Waals surface area contributed by atoms with Crippen LogP contribution in [0, 0.1) is 6.92 Å². The van der Waals surface area contributed by atoms with Crippen LogP contribution in [0.5, 0.6) is 5.75 Å². The summed E-state index contributed by atoms with van der Waals surface area (Å²) in [4.78, 5) is 4.60. The average Bonchev–Trinajstić information content (AvgIpc) is 2.90. The summed E-state index contributed by atoms with van der Waals surface area (Å²) in [7, 11) is 0. The first kappa shape index (κ1) is 11.4. The number of fused-ring (bicyclic) bond motifs is 3. The number of thiazole rings is 1. The molecule has 0 aliphatic carbocycles. The molecule has 2 nitrogen and oxygen atoms in total. The van der Waals surface area contributed by atoms with Crippen LogP contribution in [0.4, 0.5) is 0 Å². The van der Waals surface area contributed by atoms with Gasteiger partial charge in [0.05, 0.1) is 26.5 Å². The Balaban J connectivity index is 2.27. The van der Waals surface area contributed by atoms with Gasteiger partial charge in [-0.2, -0.15) is 0 Å². The number of aromatic nitrogens is 1. The molecule has 0 unspecified atom stereocenters. The van der Waals surface area contributed by atoms with E-state index in [1.807, 2.05) is 6.92 Å². The molecule has 17 heavy (non-hydrogen) atoms. The number of nitrogens with zero attached hydrogens (tertiary/aromatic N) is 1. The van der Waals surface area contributed by atoms with Crippen molar-refractivity contribution in [2.24, 2.45) is 0 Å². The van der Waals surface area contributed by atoms with E-state index in [1.54, 1.807) is 22.7 Å². The molecule has 2 heterocycles. The summed E-state index contributed by atoms with van der Waals surface area (Å²) in [6.45, 7) is 2.73. The van der Waals surface area contributed by atoms with Gasteiger partial charge in [0.2, 0.25) is 0 Å². The molecule has 0 radical (unpaired) electrons. The monoisotopic (exact) mass is 327 g/mol. The Morgan fingerprint density at radius 3 is 3.18 bits per heavy atom. The number of benzene rings is 1. The highest BCUT2D eigenvalue weighted by Crippen LogP contribution is 2.38. The normalized spacial score (nSPS) is 11.4. The molecule has 0 saturated carbocycles. The van der Waals surface area contributed by atoms with Gasteiger partial charge in [-0.25, -0.2) is 4.98 Å². The zero-order valence-corrected chi connectivity index (χ0v) is 12.4. The predicted octanol–water partition coefficient (Wildman–Crippen LogP) is 4.59. The highest BCUT2D eigenvalue weighted by atomic mass is 79.9. The van der Waals surface area contributed by atoms with Crippen LogP contribution in [0.1, 0.15) is 5.01 Å². The summed E-state index contributed by atoms with van der Waals surface area (Å²) in [6, 6.07) is 4.22. The first-order valence-corrected chi connectivity index (χ1v) is 8.07. The molecule has 0 saturated heterocycles. The van der Waals surface area contributed by atoms with Crippen molar-refractivity contribution in [2.75, 3.05) is 11.9 Å². The van der Waals surface area contributed by atoms with E-state index in [0.717, 1.165) is 21.6 Å². The van der Waals surface area contributed by atoms with Crippen molar-refractivity contribution in [3.8, 4) is 5.75 Å². The summed E-state index contributed by atoms with van der Waals surface area (Å²) in [5.41, 5.74) is 1.11. The third-order valence-electron chi connectivity index (χ3n) is 2.50. The molecule has 0 fully saturated rings. The molecule has 1 aromatic carbocycles. The second-order valence-electron chi connectivity index (χ2n) is 3.66. The molecule has 5 heteroatoms. The van der Waals surface area contributed by atoms with Gasteiger partial charge in [0.15, 0.2) is 0 Å². The summed E-state index contributed by atoms with van der Waals surface area (Å²) >= 11 is 6.84. The minimum Gasteiger partial charge on any atom is -0.492 e. The van der Waals surface area contributed by atoms with E-state index in [-0.39, 0.29) is 0 Å². The molecule has 0 N–H and O–H groups in total. The van der Waals surface area contributed by atoms with Crippen LogP contribution in [-0.2, 0) is 0 Å². The van der Waals surface area contributed by atoms with Crippen molar-refractivity contribution in [3.05, 3.63) is 22.5 Å². The fourth-order valence-electron chi connectivity index (χ4n) is 1.85. The molecule has 0 aliphatic heterocycles. The number of ether oxygens (including phenoxy) is 1. The van der Waals surface area contributed by atoms with Crippen LogP contribution in [-0.4, -0.2) is 16.9 Å². The Bertz CT molecular complexity index is 674. The van der Waals surface area contributed by atoms with Crippen molar-refractivity contribution in [1.82, 2.24) is 4.98 Å². The van der Waals surface area contributed by atoms with Crippen LogP contribution in [0.2, 0.25) is 0 Å². The van der Waals surface area contributed by atoms with Gasteiger partial charge in [-0.1, -0.05) is 15.9 Å². The summed E-state index contributed by atoms with van der Waals surface area (Å²) in [5.74, 6) is 0.969. The molecular weight excluding hydrogens is 318 g/mol. The van der Waals surface area contributed by atoms with Crippen LogP contribution in [0.3, 0.4) is 0 Å². The molecule has 88 valence electrons. The van der Waals surface area contributed by atoms with Crippen molar-refractivity contribution < 1.29 is 4.74 Å². The fraction of sp³-hybridized carbons (Fsp3) is 0.250. The van der Waals surface area contributed by atoms with E-state index in [1.165, 1.54) is 14.8 Å². The predicted molar refractivity (Wildman–Crippen MR) is 79.0 cm³/mol. The third-order valence-corrected chi connectivity index (χ3v) is 4.67. The molecular formula is C12H10BrNOS2. The number of halogens is 1. The molecule has 0 atom stereocenters. The van der Waals surface area contributed by atoms with Gasteiger partial charge in [-0.15, -0.1) is 22.7 Å². The number of hydrogen-bond donors (Lipinski definition) is 0. The lowest BCUT2D eigenvalue weighted by atomic mass is 10.2. The second-order valence-corrected chi connectivity index (χ2v) is 6.60. The Labute approximate surface area is 115 Å². The van der Waals surface area contributed by atoms with Gasteiger partial charge in [-0.3, -0.25) is 0 Å². The van der Waals surface area contributed by atoms with E-state index in [2.05, 4.69) is 38.4 Å².